The molecule has 0 atom stereocenters. The maximum absolute atomic E-state index is 3.55. The molecule has 78 valence electrons. The third-order valence-electron chi connectivity index (χ3n) is 2.59. The van der Waals surface area contributed by atoms with Gasteiger partial charge in [0, 0.05) is 4.47 Å². The summed E-state index contributed by atoms with van der Waals surface area (Å²) in [7, 11) is 0. The van der Waals surface area contributed by atoms with E-state index < -0.39 is 0 Å². The minimum absolute atomic E-state index is 1.02. The Balaban J connectivity index is 2.23. The summed E-state index contributed by atoms with van der Waals surface area (Å²) in [6.07, 6.45) is 0. The van der Waals surface area contributed by atoms with Crippen molar-refractivity contribution in [3.05, 3.63) is 53.0 Å². The first-order valence-corrected chi connectivity index (χ1v) is 5.89. The number of halogens is 1. The van der Waals surface area contributed by atoms with E-state index in [-0.39, 0.29) is 0 Å². The number of hydrogen-bond acceptors (Lipinski definition) is 0. The lowest BCUT2D eigenvalue weighted by molar-refractivity contribution is -0.330. The molecule has 0 aliphatic rings. The SMILES string of the molecule is Brc1ccccc1-c1[nH]c2ccccc2[nH+]1. The maximum atomic E-state index is 3.55. The molecular formula is C13H10BrN2+. The monoisotopic (exact) mass is 273 g/mol. The Labute approximate surface area is 101 Å². The molecule has 0 saturated carbocycles. The average molecular weight is 274 g/mol. The predicted octanol–water partition coefficient (Wildman–Crippen LogP) is 3.41. The van der Waals surface area contributed by atoms with Crippen molar-refractivity contribution in [2.75, 3.05) is 0 Å². The van der Waals surface area contributed by atoms with Crippen molar-refractivity contribution in [1.82, 2.24) is 4.98 Å². The number of aromatic nitrogens is 2. The Hall–Kier alpha value is -1.61. The molecule has 3 rings (SSSR count). The van der Waals surface area contributed by atoms with Gasteiger partial charge in [0.05, 0.1) is 5.56 Å². The first-order chi connectivity index (χ1) is 7.84. The van der Waals surface area contributed by atoms with Gasteiger partial charge in [-0.25, -0.2) is 9.97 Å². The van der Waals surface area contributed by atoms with E-state index in [1.807, 2.05) is 30.3 Å². The third kappa shape index (κ3) is 1.53. The molecule has 0 unspecified atom stereocenters. The van der Waals surface area contributed by atoms with E-state index >= 15 is 0 Å². The molecule has 2 nitrogen and oxygen atoms in total. The Morgan fingerprint density at radius 2 is 1.69 bits per heavy atom. The smallest absolute Gasteiger partial charge is 0.237 e. The molecule has 1 aromatic heterocycles. The topological polar surface area (TPSA) is 29.9 Å². The summed E-state index contributed by atoms with van der Waals surface area (Å²) in [6.45, 7) is 0. The number of hydrogen-bond donors (Lipinski definition) is 1. The van der Waals surface area contributed by atoms with Gasteiger partial charge in [0.25, 0.3) is 5.82 Å². The highest BCUT2D eigenvalue weighted by Gasteiger charge is 2.13. The van der Waals surface area contributed by atoms with Gasteiger partial charge < -0.3 is 0 Å². The van der Waals surface area contributed by atoms with Crippen molar-refractivity contribution in [3.8, 4) is 11.4 Å². The lowest BCUT2D eigenvalue weighted by atomic mass is 10.2. The number of para-hydroxylation sites is 2. The highest BCUT2D eigenvalue weighted by atomic mass is 79.9. The van der Waals surface area contributed by atoms with Crippen LogP contribution in [0.4, 0.5) is 0 Å². The summed E-state index contributed by atoms with van der Waals surface area (Å²) in [4.78, 5) is 6.73. The van der Waals surface area contributed by atoms with Gasteiger partial charge in [-0.3, -0.25) is 0 Å². The number of aromatic amines is 2. The largest absolute Gasteiger partial charge is 0.286 e. The lowest BCUT2D eigenvalue weighted by Gasteiger charge is -1.94. The van der Waals surface area contributed by atoms with Gasteiger partial charge in [0.15, 0.2) is 11.0 Å². The fraction of sp³-hybridized carbons (Fsp3) is 0. The summed E-state index contributed by atoms with van der Waals surface area (Å²) in [5.74, 6) is 1.02. The van der Waals surface area contributed by atoms with E-state index in [2.05, 4.69) is 44.1 Å². The van der Waals surface area contributed by atoms with Crippen LogP contribution < -0.4 is 4.98 Å². The average Bonchev–Trinajstić information content (AvgIpc) is 2.73. The lowest BCUT2D eigenvalue weighted by Crippen LogP contribution is -2.02. The van der Waals surface area contributed by atoms with Crippen LogP contribution in [0.3, 0.4) is 0 Å². The molecule has 0 spiro atoms. The van der Waals surface area contributed by atoms with Crippen molar-refractivity contribution in [2.24, 2.45) is 0 Å². The fourth-order valence-corrected chi connectivity index (χ4v) is 2.28. The summed E-state index contributed by atoms with van der Waals surface area (Å²) in [5.41, 5.74) is 3.38. The Bertz CT molecular complexity index is 610. The van der Waals surface area contributed by atoms with E-state index in [9.17, 15) is 0 Å². The third-order valence-corrected chi connectivity index (χ3v) is 3.28. The summed E-state index contributed by atoms with van der Waals surface area (Å²) in [6, 6.07) is 16.3. The first kappa shape index (κ1) is 9.60. The maximum Gasteiger partial charge on any atom is 0.286 e. The second kappa shape index (κ2) is 3.76. The molecule has 3 aromatic rings. The Morgan fingerprint density at radius 1 is 0.938 bits per heavy atom. The van der Waals surface area contributed by atoms with Crippen LogP contribution in [-0.2, 0) is 0 Å². The predicted molar refractivity (Wildman–Crippen MR) is 68.0 cm³/mol. The minimum Gasteiger partial charge on any atom is -0.237 e. The van der Waals surface area contributed by atoms with Crippen LogP contribution in [0.1, 0.15) is 0 Å². The Morgan fingerprint density at radius 3 is 2.50 bits per heavy atom. The van der Waals surface area contributed by atoms with Gasteiger partial charge in [0.2, 0.25) is 0 Å². The van der Waals surface area contributed by atoms with Gasteiger partial charge in [-0.1, -0.05) is 24.3 Å². The molecule has 3 heteroatoms. The van der Waals surface area contributed by atoms with Gasteiger partial charge >= 0.3 is 0 Å². The normalized spacial score (nSPS) is 10.8. The second-order valence-corrected chi connectivity index (χ2v) is 4.50. The summed E-state index contributed by atoms with van der Waals surface area (Å²) < 4.78 is 1.08. The number of H-pyrrole nitrogens is 2. The van der Waals surface area contributed by atoms with Crippen molar-refractivity contribution >= 4 is 27.0 Å². The van der Waals surface area contributed by atoms with E-state index in [0.29, 0.717) is 0 Å². The Kier molecular flexibility index (Phi) is 2.26. The van der Waals surface area contributed by atoms with Crippen molar-refractivity contribution in [3.63, 3.8) is 0 Å². The quantitative estimate of drug-likeness (QED) is 0.705. The molecule has 0 radical (unpaired) electrons. The first-order valence-electron chi connectivity index (χ1n) is 5.09. The van der Waals surface area contributed by atoms with E-state index in [1.54, 1.807) is 0 Å². The molecule has 2 N–H and O–H groups in total. The molecule has 0 bridgehead atoms. The molecule has 0 aliphatic heterocycles. The van der Waals surface area contributed by atoms with Crippen LogP contribution in [0.15, 0.2) is 53.0 Å². The zero-order chi connectivity index (χ0) is 11.0. The molecular weight excluding hydrogens is 264 g/mol. The van der Waals surface area contributed by atoms with Crippen LogP contribution in [0, 0.1) is 0 Å². The van der Waals surface area contributed by atoms with Gasteiger partial charge in [-0.15, -0.1) is 0 Å². The zero-order valence-electron chi connectivity index (χ0n) is 8.50. The van der Waals surface area contributed by atoms with Crippen molar-refractivity contribution < 1.29 is 4.98 Å². The zero-order valence-corrected chi connectivity index (χ0v) is 10.1. The highest BCUT2D eigenvalue weighted by molar-refractivity contribution is 9.10. The molecule has 1 heterocycles. The highest BCUT2D eigenvalue weighted by Crippen LogP contribution is 2.24. The minimum atomic E-state index is 1.02. The van der Waals surface area contributed by atoms with Crippen LogP contribution in [0.25, 0.3) is 22.4 Å². The van der Waals surface area contributed by atoms with Crippen molar-refractivity contribution in [2.45, 2.75) is 0 Å². The van der Waals surface area contributed by atoms with E-state index in [0.717, 1.165) is 26.9 Å². The van der Waals surface area contributed by atoms with Crippen LogP contribution in [0.2, 0.25) is 0 Å². The molecule has 0 saturated heterocycles. The molecule has 0 aliphatic carbocycles. The number of rotatable bonds is 1. The molecule has 0 amide bonds. The number of imidazole rings is 1. The molecule has 0 fully saturated rings. The van der Waals surface area contributed by atoms with Gasteiger partial charge in [-0.2, -0.15) is 0 Å². The van der Waals surface area contributed by atoms with Crippen LogP contribution in [-0.4, -0.2) is 4.98 Å². The standard InChI is InChI=1S/C13H9BrN2/c14-10-6-2-1-5-9(10)13-15-11-7-3-4-8-12(11)16-13/h1-8H,(H,15,16)/p+1. The molecule has 2 aromatic carbocycles. The summed E-state index contributed by atoms with van der Waals surface area (Å²) in [5, 5.41) is 0. The van der Waals surface area contributed by atoms with E-state index in [1.165, 1.54) is 0 Å². The van der Waals surface area contributed by atoms with Gasteiger partial charge in [0.1, 0.15) is 0 Å². The number of benzene rings is 2. The van der Waals surface area contributed by atoms with Crippen molar-refractivity contribution in [1.29, 1.82) is 0 Å². The number of nitrogens with one attached hydrogen (secondary N) is 2. The molecule has 16 heavy (non-hydrogen) atoms. The summed E-state index contributed by atoms with van der Waals surface area (Å²) >= 11 is 3.55. The number of fused-ring (bicyclic) bond motifs is 1. The van der Waals surface area contributed by atoms with Crippen LogP contribution >= 0.6 is 15.9 Å². The fourth-order valence-electron chi connectivity index (χ4n) is 1.80. The second-order valence-electron chi connectivity index (χ2n) is 3.65. The van der Waals surface area contributed by atoms with Crippen LogP contribution in [0.5, 0.6) is 0 Å². The van der Waals surface area contributed by atoms with E-state index in [4.69, 9.17) is 0 Å². The van der Waals surface area contributed by atoms with Gasteiger partial charge in [-0.05, 0) is 40.2 Å².